The maximum atomic E-state index is 14.5. The third-order valence-electron chi connectivity index (χ3n) is 10.3. The summed E-state index contributed by atoms with van der Waals surface area (Å²) >= 11 is 0. The number of aromatic nitrogens is 1. The van der Waals surface area contributed by atoms with E-state index in [4.69, 9.17) is 5.73 Å². The lowest BCUT2D eigenvalue weighted by Gasteiger charge is -2.46. The molecule has 45 heavy (non-hydrogen) atoms. The number of benzene rings is 1. The van der Waals surface area contributed by atoms with Gasteiger partial charge >= 0.3 is 12.1 Å². The fourth-order valence-electron chi connectivity index (χ4n) is 7.75. The van der Waals surface area contributed by atoms with Crippen molar-refractivity contribution in [2.45, 2.75) is 63.6 Å². The number of urea groups is 1. The van der Waals surface area contributed by atoms with Crippen molar-refractivity contribution in [1.82, 2.24) is 29.9 Å². The van der Waals surface area contributed by atoms with Gasteiger partial charge in [-0.15, -0.1) is 0 Å². The Morgan fingerprint density at radius 1 is 1.04 bits per heavy atom. The van der Waals surface area contributed by atoms with E-state index >= 15 is 0 Å². The zero-order chi connectivity index (χ0) is 31.5. The molecule has 1 aromatic carbocycles. The molecular weight excluding hydrogens is 572 g/mol. The van der Waals surface area contributed by atoms with Gasteiger partial charge in [0.15, 0.2) is 0 Å². The van der Waals surface area contributed by atoms with Crippen LogP contribution in [0.25, 0.3) is 0 Å². The van der Waals surface area contributed by atoms with Crippen molar-refractivity contribution in [3.8, 4) is 0 Å². The monoisotopic (exact) mass is 618 g/mol. The second-order valence-electron chi connectivity index (χ2n) is 13.0. The summed E-state index contributed by atoms with van der Waals surface area (Å²) in [5, 5.41) is 16.8. The van der Waals surface area contributed by atoms with Crippen LogP contribution in [0.4, 0.5) is 21.1 Å². The minimum atomic E-state index is -1.03. The average molecular weight is 619 g/mol. The number of hydrogen-bond acceptors (Lipinski definition) is 7. The third kappa shape index (κ3) is 6.86. The molecule has 0 spiro atoms. The molecule has 5 heterocycles. The Balaban J connectivity index is 1.24. The maximum Gasteiger partial charge on any atom is 0.407 e. The van der Waals surface area contributed by atoms with Crippen LogP contribution in [0.1, 0.15) is 42.4 Å². The van der Waals surface area contributed by atoms with E-state index in [0.717, 1.165) is 61.4 Å². The Labute approximate surface area is 264 Å². The number of pyridine rings is 1. The molecule has 4 aliphatic heterocycles. The molecule has 4 aliphatic rings. The maximum absolute atomic E-state index is 14.5. The number of amides is 4. The van der Waals surface area contributed by atoms with Crippen molar-refractivity contribution in [2.24, 2.45) is 5.92 Å². The number of para-hydroxylation sites is 1. The Kier molecular flexibility index (Phi) is 9.41. The number of piperazine rings is 1. The van der Waals surface area contributed by atoms with E-state index in [1.54, 1.807) is 6.20 Å². The van der Waals surface area contributed by atoms with Crippen molar-refractivity contribution >= 4 is 29.5 Å². The predicted octanol–water partition coefficient (Wildman–Crippen LogP) is 2.63. The highest BCUT2D eigenvalue weighted by Gasteiger charge is 2.44. The van der Waals surface area contributed by atoms with Crippen LogP contribution in [0, 0.1) is 12.8 Å². The first-order valence-electron chi connectivity index (χ1n) is 16.4. The van der Waals surface area contributed by atoms with Gasteiger partial charge in [-0.3, -0.25) is 9.69 Å². The summed E-state index contributed by atoms with van der Waals surface area (Å²) in [4.78, 5) is 52.7. The van der Waals surface area contributed by atoms with Crippen LogP contribution in [0.2, 0.25) is 0 Å². The zero-order valence-electron chi connectivity index (χ0n) is 26.2. The van der Waals surface area contributed by atoms with E-state index in [1.165, 1.54) is 4.90 Å². The van der Waals surface area contributed by atoms with Crippen LogP contribution in [-0.2, 0) is 17.6 Å². The van der Waals surface area contributed by atoms with Crippen LogP contribution < -0.4 is 16.4 Å². The fraction of sp³-hybridized carbons (Fsp3) is 0.576. The number of fused-ring (bicyclic) bond motifs is 1. The van der Waals surface area contributed by atoms with Crippen LogP contribution in [0.3, 0.4) is 0 Å². The molecule has 0 radical (unpaired) electrons. The Bertz CT molecular complexity index is 1390. The van der Waals surface area contributed by atoms with Gasteiger partial charge in [0.05, 0.1) is 5.92 Å². The molecule has 3 fully saturated rings. The first-order chi connectivity index (χ1) is 21.8. The molecule has 3 atom stereocenters. The summed E-state index contributed by atoms with van der Waals surface area (Å²) in [6.07, 6.45) is 4.45. The van der Waals surface area contributed by atoms with Gasteiger partial charge in [-0.05, 0) is 68.2 Å². The van der Waals surface area contributed by atoms with Crippen molar-refractivity contribution in [3.63, 3.8) is 0 Å². The number of carboxylic acid groups (broad SMARTS) is 1. The minimum Gasteiger partial charge on any atom is -0.465 e. The Hall–Kier alpha value is -3.90. The molecule has 5 N–H and O–H groups in total. The first-order valence-corrected chi connectivity index (χ1v) is 16.4. The molecule has 6 rings (SSSR count). The number of carbonyl (C=O) groups is 3. The molecule has 12 nitrogen and oxygen atoms in total. The topological polar surface area (TPSA) is 147 Å². The number of nitrogens with one attached hydrogen (secondary N) is 2. The number of nitrogens with zero attached hydrogens (tertiary/aromatic N) is 5. The second-order valence-corrected chi connectivity index (χ2v) is 13.0. The highest BCUT2D eigenvalue weighted by Crippen LogP contribution is 2.33. The van der Waals surface area contributed by atoms with Gasteiger partial charge in [0.2, 0.25) is 5.91 Å². The number of nitrogens with two attached hydrogens (primary N) is 1. The summed E-state index contributed by atoms with van der Waals surface area (Å²) in [5.41, 5.74) is 9.58. The Morgan fingerprint density at radius 3 is 2.51 bits per heavy atom. The molecule has 1 aromatic heterocycles. The highest BCUT2D eigenvalue weighted by atomic mass is 16.4. The van der Waals surface area contributed by atoms with Gasteiger partial charge in [0.25, 0.3) is 0 Å². The molecule has 0 bridgehead atoms. The highest BCUT2D eigenvalue weighted by molar-refractivity contribution is 5.91. The van der Waals surface area contributed by atoms with Crippen LogP contribution in [0.15, 0.2) is 36.5 Å². The van der Waals surface area contributed by atoms with E-state index in [1.807, 2.05) is 47.1 Å². The van der Waals surface area contributed by atoms with Crippen molar-refractivity contribution in [2.75, 3.05) is 63.4 Å². The molecule has 0 saturated carbocycles. The summed E-state index contributed by atoms with van der Waals surface area (Å²) in [7, 11) is 0. The van der Waals surface area contributed by atoms with Crippen molar-refractivity contribution in [1.29, 1.82) is 0 Å². The van der Waals surface area contributed by atoms with Crippen LogP contribution in [-0.4, -0.2) is 118 Å². The quantitative estimate of drug-likeness (QED) is 0.387. The van der Waals surface area contributed by atoms with E-state index in [0.29, 0.717) is 57.2 Å². The number of likely N-dealkylation sites (tertiary alicyclic amines) is 2. The van der Waals surface area contributed by atoms with E-state index in [9.17, 15) is 19.5 Å². The predicted molar refractivity (Wildman–Crippen MR) is 172 cm³/mol. The number of aryl methyl sites for hydroxylation is 1. The molecule has 2 aromatic rings. The summed E-state index contributed by atoms with van der Waals surface area (Å²) < 4.78 is 0. The van der Waals surface area contributed by atoms with Gasteiger partial charge < -0.3 is 36.2 Å². The summed E-state index contributed by atoms with van der Waals surface area (Å²) in [6.45, 7) is 8.02. The third-order valence-corrected chi connectivity index (χ3v) is 10.3. The van der Waals surface area contributed by atoms with E-state index in [2.05, 4.69) is 20.5 Å². The molecule has 242 valence electrons. The smallest absolute Gasteiger partial charge is 0.407 e. The largest absolute Gasteiger partial charge is 0.465 e. The summed E-state index contributed by atoms with van der Waals surface area (Å²) in [5.74, 6) is -0.195. The molecule has 2 unspecified atom stereocenters. The van der Waals surface area contributed by atoms with Gasteiger partial charge in [0, 0.05) is 82.4 Å². The number of piperidine rings is 2. The average Bonchev–Trinajstić information content (AvgIpc) is 3.23. The van der Waals surface area contributed by atoms with Gasteiger partial charge in [-0.1, -0.05) is 24.3 Å². The summed E-state index contributed by atoms with van der Waals surface area (Å²) in [6, 6.07) is 9.26. The minimum absolute atomic E-state index is 0.0205. The van der Waals surface area contributed by atoms with Gasteiger partial charge in [0.1, 0.15) is 5.82 Å². The van der Waals surface area contributed by atoms with E-state index < -0.39 is 18.1 Å². The SMILES string of the molecule is Cc1cc(C[C@@H](C(=O)N2CCC(N3CCNCC3)CC2)C2CC(N3CCc4ccccc4NC3=O)CCN2C(=O)O)cnc1N. The lowest BCUT2D eigenvalue weighted by atomic mass is 9.82. The van der Waals surface area contributed by atoms with Gasteiger partial charge in [-0.2, -0.15) is 0 Å². The lowest BCUT2D eigenvalue weighted by Crippen LogP contribution is -2.59. The zero-order valence-corrected chi connectivity index (χ0v) is 26.2. The van der Waals surface area contributed by atoms with Gasteiger partial charge in [-0.25, -0.2) is 14.6 Å². The molecule has 4 amide bonds. The first kappa shape index (κ1) is 31.1. The number of nitrogen functional groups attached to an aromatic ring is 1. The molecular formula is C33H46N8O4. The number of hydrogen-bond donors (Lipinski definition) is 4. The molecule has 3 saturated heterocycles. The fourth-order valence-corrected chi connectivity index (χ4v) is 7.75. The number of rotatable bonds is 6. The van der Waals surface area contributed by atoms with Crippen molar-refractivity contribution < 1.29 is 19.5 Å². The number of anilines is 2. The number of carbonyl (C=O) groups excluding carboxylic acids is 2. The molecule has 12 heteroatoms. The van der Waals surface area contributed by atoms with Crippen LogP contribution >= 0.6 is 0 Å². The van der Waals surface area contributed by atoms with E-state index in [-0.39, 0.29) is 24.5 Å². The second kappa shape index (κ2) is 13.6. The molecule has 0 aliphatic carbocycles. The van der Waals surface area contributed by atoms with Crippen LogP contribution in [0.5, 0.6) is 0 Å². The lowest BCUT2D eigenvalue weighted by molar-refractivity contribution is -0.140. The standard InChI is InChI=1S/C33H46N8O4/c1-22-18-23(21-36-30(22)34)19-27(31(42)39-12-7-25(8-13-39)38-16-10-35-11-17-38)29-20-26(9-15-41(29)33(44)45)40-14-6-24-4-2-3-5-28(24)37-32(40)43/h2-5,18,21,25-27,29,35H,6-17,19-20H2,1H3,(H2,34,36)(H,37,43)(H,44,45)/t26?,27-,29?/m1/s1. The Morgan fingerprint density at radius 2 is 1.78 bits per heavy atom. The normalized spacial score (nSPS) is 24.0. The van der Waals surface area contributed by atoms with Crippen molar-refractivity contribution in [3.05, 3.63) is 53.2 Å².